The molecule has 1 aromatic carbocycles. The molecule has 2 N–H and O–H groups in total. The Labute approximate surface area is 191 Å². The number of benzene rings is 1. The molecule has 1 amide bonds. The number of hydrogen-bond acceptors (Lipinski definition) is 6. The largest absolute Gasteiger partial charge is 0.496 e. The van der Waals surface area contributed by atoms with Crippen LogP contribution in [0.2, 0.25) is 5.02 Å². The number of nitrogens with zero attached hydrogens (tertiary/aromatic N) is 1. The molecule has 0 aliphatic heterocycles. The number of anilines is 1. The van der Waals surface area contributed by atoms with E-state index in [0.717, 1.165) is 24.5 Å². The van der Waals surface area contributed by atoms with Crippen LogP contribution < -0.4 is 15.4 Å². The number of rotatable bonds is 9. The number of halogens is 2. The van der Waals surface area contributed by atoms with Crippen LogP contribution in [0.3, 0.4) is 0 Å². The normalized spacial score (nSPS) is 14.9. The number of sulfone groups is 1. The molecule has 1 aliphatic carbocycles. The summed E-state index contributed by atoms with van der Waals surface area (Å²) in [6.45, 7) is 1.82. The van der Waals surface area contributed by atoms with Crippen molar-refractivity contribution in [2.45, 2.75) is 38.3 Å². The van der Waals surface area contributed by atoms with Gasteiger partial charge in [-0.25, -0.2) is 17.8 Å². The standard InChI is InChI=1S/C22H25ClFN3O4S/c1-13(8-9-32(3,29)30)26-22(28)17-11-18(23)20(14-4-5-14)27-21(17)25-12-15-10-16(24)6-7-19(15)31-2/h6-11,13-14H,4-5,12H2,1-3H3,(H,25,27)(H,26,28)/b9-8+/t13-/m0/s1. The van der Waals surface area contributed by atoms with E-state index < -0.39 is 27.6 Å². The second-order valence-corrected chi connectivity index (χ2v) is 10.1. The molecule has 0 bridgehead atoms. The van der Waals surface area contributed by atoms with Crippen LogP contribution >= 0.6 is 11.6 Å². The van der Waals surface area contributed by atoms with Crippen molar-refractivity contribution in [1.29, 1.82) is 0 Å². The average Bonchev–Trinajstić information content (AvgIpc) is 3.56. The molecule has 1 fully saturated rings. The fourth-order valence-corrected chi connectivity index (χ4v) is 3.94. The summed E-state index contributed by atoms with van der Waals surface area (Å²) >= 11 is 6.39. The number of carbonyl (C=O) groups is 1. The van der Waals surface area contributed by atoms with Crippen LogP contribution in [0.5, 0.6) is 5.75 Å². The number of hydrogen-bond donors (Lipinski definition) is 2. The highest BCUT2D eigenvalue weighted by atomic mass is 35.5. The Kier molecular flexibility index (Phi) is 7.40. The molecule has 1 heterocycles. The Morgan fingerprint density at radius 2 is 2.09 bits per heavy atom. The fourth-order valence-electron chi connectivity index (χ4n) is 3.11. The number of pyridine rings is 1. The molecule has 1 aromatic heterocycles. The summed E-state index contributed by atoms with van der Waals surface area (Å²) < 4.78 is 41.6. The zero-order valence-electron chi connectivity index (χ0n) is 18.0. The van der Waals surface area contributed by atoms with Crippen LogP contribution in [-0.2, 0) is 16.4 Å². The maximum Gasteiger partial charge on any atom is 0.255 e. The van der Waals surface area contributed by atoms with Crippen LogP contribution in [0.1, 0.15) is 47.3 Å². The number of carbonyl (C=O) groups excluding carboxylic acids is 1. The smallest absolute Gasteiger partial charge is 0.255 e. The first-order valence-corrected chi connectivity index (χ1v) is 12.4. The Morgan fingerprint density at radius 3 is 2.72 bits per heavy atom. The van der Waals surface area contributed by atoms with E-state index in [4.69, 9.17) is 16.3 Å². The van der Waals surface area contributed by atoms with Gasteiger partial charge in [0.15, 0.2) is 9.84 Å². The van der Waals surface area contributed by atoms with Gasteiger partial charge in [0.25, 0.3) is 5.91 Å². The molecule has 1 aliphatic rings. The Hall–Kier alpha value is -2.65. The van der Waals surface area contributed by atoms with E-state index in [0.29, 0.717) is 27.8 Å². The van der Waals surface area contributed by atoms with E-state index >= 15 is 0 Å². The van der Waals surface area contributed by atoms with Gasteiger partial charge in [-0.05, 0) is 44.0 Å². The summed E-state index contributed by atoms with van der Waals surface area (Å²) in [7, 11) is -1.82. The predicted octanol–water partition coefficient (Wildman–Crippen LogP) is 4.05. The van der Waals surface area contributed by atoms with Crippen LogP contribution in [-0.4, -0.2) is 38.7 Å². The minimum Gasteiger partial charge on any atom is -0.496 e. The fraction of sp³-hybridized carbons (Fsp3) is 0.364. The molecule has 32 heavy (non-hydrogen) atoms. The van der Waals surface area contributed by atoms with Gasteiger partial charge < -0.3 is 15.4 Å². The first-order valence-electron chi connectivity index (χ1n) is 10.0. The van der Waals surface area contributed by atoms with Gasteiger partial charge >= 0.3 is 0 Å². The van der Waals surface area contributed by atoms with Gasteiger partial charge in [-0.2, -0.15) is 0 Å². The van der Waals surface area contributed by atoms with E-state index in [1.807, 2.05) is 0 Å². The maximum atomic E-state index is 13.7. The van der Waals surface area contributed by atoms with Crippen molar-refractivity contribution in [3.63, 3.8) is 0 Å². The maximum absolute atomic E-state index is 13.7. The lowest BCUT2D eigenvalue weighted by Gasteiger charge is -2.17. The highest BCUT2D eigenvalue weighted by Gasteiger charge is 2.29. The summed E-state index contributed by atoms with van der Waals surface area (Å²) in [5, 5.41) is 7.25. The third-order valence-electron chi connectivity index (χ3n) is 4.87. The zero-order valence-corrected chi connectivity index (χ0v) is 19.6. The van der Waals surface area contributed by atoms with Crippen molar-refractivity contribution in [1.82, 2.24) is 10.3 Å². The summed E-state index contributed by atoms with van der Waals surface area (Å²) in [5.41, 5.74) is 1.48. The molecule has 172 valence electrons. The summed E-state index contributed by atoms with van der Waals surface area (Å²) in [6.07, 6.45) is 4.40. The van der Waals surface area contributed by atoms with E-state index in [9.17, 15) is 17.6 Å². The van der Waals surface area contributed by atoms with Gasteiger partial charge in [-0.3, -0.25) is 4.79 Å². The van der Waals surface area contributed by atoms with Crippen LogP contribution in [0.4, 0.5) is 10.2 Å². The first kappa shape index (κ1) is 24.0. The van der Waals surface area contributed by atoms with Crippen molar-refractivity contribution in [2.75, 3.05) is 18.7 Å². The molecule has 10 heteroatoms. The molecule has 0 saturated heterocycles. The van der Waals surface area contributed by atoms with E-state index in [1.54, 1.807) is 13.0 Å². The van der Waals surface area contributed by atoms with Gasteiger partial charge in [0.05, 0.1) is 23.4 Å². The lowest BCUT2D eigenvalue weighted by Crippen LogP contribution is -2.32. The second kappa shape index (κ2) is 9.87. The highest BCUT2D eigenvalue weighted by Crippen LogP contribution is 2.43. The topological polar surface area (TPSA) is 97.4 Å². The van der Waals surface area contributed by atoms with Crippen LogP contribution in [0.25, 0.3) is 0 Å². The number of amides is 1. The third-order valence-corrected chi connectivity index (χ3v) is 5.83. The predicted molar refractivity (Wildman–Crippen MR) is 122 cm³/mol. The average molecular weight is 482 g/mol. The van der Waals surface area contributed by atoms with Crippen molar-refractivity contribution < 1.29 is 22.3 Å². The summed E-state index contributed by atoms with van der Waals surface area (Å²) in [5.74, 6) is 0.177. The molecule has 1 atom stereocenters. The molecule has 3 rings (SSSR count). The number of aromatic nitrogens is 1. The van der Waals surface area contributed by atoms with Crippen LogP contribution in [0.15, 0.2) is 35.7 Å². The Bertz CT molecular complexity index is 1150. The highest BCUT2D eigenvalue weighted by molar-refractivity contribution is 7.93. The van der Waals surface area contributed by atoms with Crippen molar-refractivity contribution in [3.05, 3.63) is 63.4 Å². The van der Waals surface area contributed by atoms with E-state index in [2.05, 4.69) is 15.6 Å². The van der Waals surface area contributed by atoms with Gasteiger partial charge in [-0.1, -0.05) is 17.7 Å². The van der Waals surface area contributed by atoms with Crippen molar-refractivity contribution >= 4 is 33.2 Å². The summed E-state index contributed by atoms with van der Waals surface area (Å²) in [6, 6.07) is 5.19. The number of nitrogens with one attached hydrogen (secondary N) is 2. The quantitative estimate of drug-likeness (QED) is 0.560. The first-order chi connectivity index (χ1) is 15.1. The van der Waals surface area contributed by atoms with Gasteiger partial charge in [0.2, 0.25) is 0 Å². The third kappa shape index (κ3) is 6.43. The van der Waals surface area contributed by atoms with Gasteiger partial charge in [-0.15, -0.1) is 0 Å². The second-order valence-electron chi connectivity index (χ2n) is 7.76. The molecule has 1 saturated carbocycles. The van der Waals surface area contributed by atoms with Crippen LogP contribution in [0, 0.1) is 5.82 Å². The molecule has 2 aromatic rings. The monoisotopic (exact) mass is 481 g/mol. The Balaban J connectivity index is 1.87. The zero-order chi connectivity index (χ0) is 23.5. The lowest BCUT2D eigenvalue weighted by molar-refractivity contribution is 0.0947. The van der Waals surface area contributed by atoms with Gasteiger partial charge in [0, 0.05) is 35.7 Å². The number of ether oxygens (including phenoxy) is 1. The molecule has 0 radical (unpaired) electrons. The number of methoxy groups -OCH3 is 1. The molecular formula is C22H25ClFN3O4S. The molecular weight excluding hydrogens is 457 g/mol. The Morgan fingerprint density at radius 1 is 1.38 bits per heavy atom. The minimum atomic E-state index is -3.31. The molecule has 0 spiro atoms. The lowest BCUT2D eigenvalue weighted by atomic mass is 10.1. The van der Waals surface area contributed by atoms with E-state index in [1.165, 1.54) is 31.4 Å². The summed E-state index contributed by atoms with van der Waals surface area (Å²) in [4.78, 5) is 17.5. The van der Waals surface area contributed by atoms with Crippen molar-refractivity contribution in [3.8, 4) is 5.75 Å². The van der Waals surface area contributed by atoms with Gasteiger partial charge in [0.1, 0.15) is 17.4 Å². The minimum absolute atomic E-state index is 0.170. The SMILES string of the molecule is COc1ccc(F)cc1CNc1nc(C2CC2)c(Cl)cc1C(=O)N[C@@H](C)/C=C/S(C)(=O)=O. The van der Waals surface area contributed by atoms with E-state index in [-0.39, 0.29) is 18.0 Å². The molecule has 7 nitrogen and oxygen atoms in total. The van der Waals surface area contributed by atoms with Crippen molar-refractivity contribution in [2.24, 2.45) is 0 Å². The molecule has 0 unspecified atom stereocenters.